The lowest BCUT2D eigenvalue weighted by Gasteiger charge is -2.38. The molecule has 2 aliphatic heterocycles. The molecule has 3 rings (SSSR count). The molecule has 0 aliphatic carbocycles. The zero-order valence-corrected chi connectivity index (χ0v) is 15.3. The third kappa shape index (κ3) is 3.84. The Bertz CT molecular complexity index is 619. The fourth-order valence-electron chi connectivity index (χ4n) is 4.11. The average molecular weight is 344 g/mol. The van der Waals surface area contributed by atoms with Gasteiger partial charge in [-0.25, -0.2) is 0 Å². The van der Waals surface area contributed by atoms with E-state index in [1.807, 2.05) is 25.1 Å². The third-order valence-electron chi connectivity index (χ3n) is 5.56. The Morgan fingerprint density at radius 2 is 2.12 bits per heavy atom. The summed E-state index contributed by atoms with van der Waals surface area (Å²) < 4.78 is 0. The molecule has 3 heterocycles. The highest BCUT2D eigenvalue weighted by Crippen LogP contribution is 2.39. The van der Waals surface area contributed by atoms with Crippen molar-refractivity contribution >= 4 is 11.8 Å². The highest BCUT2D eigenvalue weighted by molar-refractivity contribution is 5.93. The monoisotopic (exact) mass is 344 g/mol. The average Bonchev–Trinajstić information content (AvgIpc) is 2.78. The van der Waals surface area contributed by atoms with E-state index in [0.717, 1.165) is 45.3 Å². The van der Waals surface area contributed by atoms with E-state index < -0.39 is 0 Å². The molecular formula is C19H28N4O2. The molecule has 2 saturated heterocycles. The van der Waals surface area contributed by atoms with E-state index in [4.69, 9.17) is 0 Å². The molecule has 25 heavy (non-hydrogen) atoms. The van der Waals surface area contributed by atoms with Gasteiger partial charge >= 0.3 is 0 Å². The van der Waals surface area contributed by atoms with E-state index in [2.05, 4.69) is 14.8 Å². The lowest BCUT2D eigenvalue weighted by Crippen LogP contribution is -2.49. The number of amides is 2. The summed E-state index contributed by atoms with van der Waals surface area (Å²) in [5, 5.41) is 0. The van der Waals surface area contributed by atoms with Crippen LogP contribution in [0.3, 0.4) is 0 Å². The molecule has 1 atom stereocenters. The van der Waals surface area contributed by atoms with Crippen molar-refractivity contribution in [2.24, 2.45) is 0 Å². The topological polar surface area (TPSA) is 56.8 Å². The Kier molecular flexibility index (Phi) is 5.37. The molecular weight excluding hydrogens is 316 g/mol. The molecule has 1 aromatic rings. The maximum absolute atomic E-state index is 12.7. The quantitative estimate of drug-likeness (QED) is 0.833. The highest BCUT2D eigenvalue weighted by Gasteiger charge is 2.45. The zero-order chi connectivity index (χ0) is 17.9. The highest BCUT2D eigenvalue weighted by atomic mass is 16.2. The molecule has 0 bridgehead atoms. The molecule has 6 nitrogen and oxygen atoms in total. The Morgan fingerprint density at radius 3 is 2.84 bits per heavy atom. The number of carbonyl (C=O) groups excluding carboxylic acids is 2. The number of pyridine rings is 1. The number of hydrogen-bond acceptors (Lipinski definition) is 4. The van der Waals surface area contributed by atoms with E-state index in [-0.39, 0.29) is 17.4 Å². The van der Waals surface area contributed by atoms with Crippen molar-refractivity contribution in [1.29, 1.82) is 0 Å². The molecule has 0 radical (unpaired) electrons. The molecule has 0 saturated carbocycles. The third-order valence-corrected chi connectivity index (χ3v) is 5.56. The number of nitrogens with zero attached hydrogens (tertiary/aromatic N) is 4. The predicted octanol–water partition coefficient (Wildman–Crippen LogP) is 1.63. The first kappa shape index (κ1) is 17.9. The second-order valence-electron chi connectivity index (χ2n) is 7.46. The van der Waals surface area contributed by atoms with Crippen molar-refractivity contribution in [1.82, 2.24) is 19.7 Å². The van der Waals surface area contributed by atoms with Crippen LogP contribution in [0.1, 0.15) is 42.5 Å². The fourth-order valence-corrected chi connectivity index (χ4v) is 4.11. The molecule has 2 amide bonds. The van der Waals surface area contributed by atoms with Gasteiger partial charge in [0.25, 0.3) is 5.91 Å². The van der Waals surface area contributed by atoms with Crippen LogP contribution in [0.4, 0.5) is 0 Å². The van der Waals surface area contributed by atoms with Crippen LogP contribution < -0.4 is 0 Å². The Balaban J connectivity index is 1.69. The summed E-state index contributed by atoms with van der Waals surface area (Å²) in [5.74, 6) is 0.322. The number of rotatable bonds is 4. The Labute approximate surface area is 149 Å². The molecule has 136 valence electrons. The Hall–Kier alpha value is -1.95. The van der Waals surface area contributed by atoms with Gasteiger partial charge in [0, 0.05) is 50.5 Å². The first-order valence-corrected chi connectivity index (χ1v) is 9.16. The standard InChI is InChI=1S/C19H28N4O2/c1-21(2)13-14-23-17(24)6-8-19(23)7-4-11-22(12-9-19)18(25)16-5-3-10-20-15-16/h3,5,10,15H,4,6-9,11-14H2,1-2H3/t19-/m0/s1. The number of likely N-dealkylation sites (N-methyl/N-ethyl adjacent to an activating group) is 1. The maximum atomic E-state index is 12.7. The molecule has 1 aromatic heterocycles. The van der Waals surface area contributed by atoms with Gasteiger partial charge in [0.1, 0.15) is 0 Å². The van der Waals surface area contributed by atoms with E-state index in [0.29, 0.717) is 18.5 Å². The van der Waals surface area contributed by atoms with Crippen LogP contribution in [0, 0.1) is 0 Å². The summed E-state index contributed by atoms with van der Waals surface area (Å²) in [6.07, 6.45) is 7.68. The van der Waals surface area contributed by atoms with Gasteiger partial charge in [-0.3, -0.25) is 14.6 Å². The van der Waals surface area contributed by atoms with Crippen molar-refractivity contribution < 1.29 is 9.59 Å². The zero-order valence-electron chi connectivity index (χ0n) is 15.3. The van der Waals surface area contributed by atoms with Crippen LogP contribution >= 0.6 is 0 Å². The number of carbonyl (C=O) groups is 2. The van der Waals surface area contributed by atoms with Crippen molar-refractivity contribution in [3.05, 3.63) is 30.1 Å². The fraction of sp³-hybridized carbons (Fsp3) is 0.632. The second-order valence-corrected chi connectivity index (χ2v) is 7.46. The number of hydrogen-bond donors (Lipinski definition) is 0. The molecule has 1 spiro atoms. The van der Waals surface area contributed by atoms with Gasteiger partial charge in [0.2, 0.25) is 5.91 Å². The van der Waals surface area contributed by atoms with Crippen LogP contribution in [0.2, 0.25) is 0 Å². The summed E-state index contributed by atoms with van der Waals surface area (Å²) in [7, 11) is 4.07. The van der Waals surface area contributed by atoms with Crippen molar-refractivity contribution in [2.45, 2.75) is 37.6 Å². The van der Waals surface area contributed by atoms with Crippen LogP contribution in [0.25, 0.3) is 0 Å². The smallest absolute Gasteiger partial charge is 0.255 e. The Morgan fingerprint density at radius 1 is 1.28 bits per heavy atom. The van der Waals surface area contributed by atoms with E-state index in [1.54, 1.807) is 18.5 Å². The van der Waals surface area contributed by atoms with Gasteiger partial charge in [-0.1, -0.05) is 0 Å². The van der Waals surface area contributed by atoms with E-state index >= 15 is 0 Å². The maximum Gasteiger partial charge on any atom is 0.255 e. The minimum Gasteiger partial charge on any atom is -0.339 e. The van der Waals surface area contributed by atoms with Crippen LogP contribution in [0.15, 0.2) is 24.5 Å². The molecule has 2 fully saturated rings. The van der Waals surface area contributed by atoms with Gasteiger partial charge in [-0.2, -0.15) is 0 Å². The minimum atomic E-state index is -0.0585. The summed E-state index contributed by atoms with van der Waals surface area (Å²) in [6, 6.07) is 3.61. The summed E-state index contributed by atoms with van der Waals surface area (Å²) >= 11 is 0. The van der Waals surface area contributed by atoms with Crippen molar-refractivity contribution in [3.63, 3.8) is 0 Å². The van der Waals surface area contributed by atoms with Crippen LogP contribution in [0.5, 0.6) is 0 Å². The second kappa shape index (κ2) is 7.52. The SMILES string of the molecule is CN(C)CCN1C(=O)CC[C@]12CCCN(C(=O)c1cccnc1)CC2. The number of likely N-dealkylation sites (tertiary alicyclic amines) is 2. The van der Waals surface area contributed by atoms with E-state index in [1.165, 1.54) is 0 Å². The summed E-state index contributed by atoms with van der Waals surface area (Å²) in [6.45, 7) is 3.12. The molecule has 0 aromatic carbocycles. The first-order chi connectivity index (χ1) is 12.0. The van der Waals surface area contributed by atoms with Gasteiger partial charge in [0.05, 0.1) is 5.56 Å². The normalized spacial score (nSPS) is 24.2. The van der Waals surface area contributed by atoms with Crippen molar-refractivity contribution in [2.75, 3.05) is 40.3 Å². The van der Waals surface area contributed by atoms with Gasteiger partial charge < -0.3 is 14.7 Å². The van der Waals surface area contributed by atoms with Gasteiger partial charge in [0.15, 0.2) is 0 Å². The first-order valence-electron chi connectivity index (χ1n) is 9.16. The summed E-state index contributed by atoms with van der Waals surface area (Å²) in [4.78, 5) is 35.3. The molecule has 6 heteroatoms. The summed E-state index contributed by atoms with van der Waals surface area (Å²) in [5.41, 5.74) is 0.585. The van der Waals surface area contributed by atoms with Gasteiger partial charge in [-0.05, 0) is 51.9 Å². The van der Waals surface area contributed by atoms with Crippen molar-refractivity contribution in [3.8, 4) is 0 Å². The van der Waals surface area contributed by atoms with E-state index in [9.17, 15) is 9.59 Å². The largest absolute Gasteiger partial charge is 0.339 e. The van der Waals surface area contributed by atoms with Gasteiger partial charge in [-0.15, -0.1) is 0 Å². The molecule has 0 N–H and O–H groups in total. The lowest BCUT2D eigenvalue weighted by atomic mass is 9.87. The molecule has 2 aliphatic rings. The minimum absolute atomic E-state index is 0.0503. The van der Waals surface area contributed by atoms with Crippen LogP contribution in [-0.2, 0) is 4.79 Å². The molecule has 0 unspecified atom stereocenters. The van der Waals surface area contributed by atoms with Crippen LogP contribution in [-0.4, -0.2) is 77.3 Å². The number of aromatic nitrogens is 1. The predicted molar refractivity (Wildman–Crippen MR) is 96.2 cm³/mol. The lowest BCUT2D eigenvalue weighted by molar-refractivity contribution is -0.131.